The first kappa shape index (κ1) is 26.4. The minimum Gasteiger partial charge on any atom is -0.479 e. The molecule has 0 aliphatic carbocycles. The molecule has 7 nitrogen and oxygen atoms in total. The van der Waals surface area contributed by atoms with Crippen molar-refractivity contribution >= 4 is 17.5 Å². The number of aryl methyl sites for hydroxylation is 1. The van der Waals surface area contributed by atoms with Gasteiger partial charge in [0.2, 0.25) is 5.60 Å². The molecule has 0 saturated carbocycles. The predicted octanol–water partition coefficient (Wildman–Crippen LogP) is 5.10. The summed E-state index contributed by atoms with van der Waals surface area (Å²) >= 11 is 6.33. The molecule has 0 aliphatic rings. The van der Waals surface area contributed by atoms with Gasteiger partial charge in [0.1, 0.15) is 0 Å². The number of benzene rings is 2. The SMILES string of the molecule is CCCc1cccc(-c2nc(O)nc(-c3cc(CNC(=O)[C@@](C)(OC)C(F)(F)F)ccc3Cl)n2)c1. The average Bonchev–Trinajstić information content (AvgIpc) is 2.82. The minimum absolute atomic E-state index is 0.0728. The van der Waals surface area contributed by atoms with Crippen LogP contribution in [0.5, 0.6) is 6.01 Å². The Morgan fingerprint density at radius 1 is 1.09 bits per heavy atom. The maximum Gasteiger partial charge on any atom is 0.426 e. The summed E-state index contributed by atoms with van der Waals surface area (Å²) in [5.74, 6) is -1.03. The molecule has 11 heteroatoms. The molecule has 0 unspecified atom stereocenters. The van der Waals surface area contributed by atoms with E-state index in [1.54, 1.807) is 12.1 Å². The van der Waals surface area contributed by atoms with Crippen LogP contribution >= 0.6 is 11.6 Å². The Morgan fingerprint density at radius 2 is 1.80 bits per heavy atom. The van der Waals surface area contributed by atoms with Crippen LogP contribution < -0.4 is 5.32 Å². The second-order valence-electron chi connectivity index (χ2n) is 7.97. The molecule has 1 atom stereocenters. The number of hydrogen-bond donors (Lipinski definition) is 2. The van der Waals surface area contributed by atoms with E-state index in [0.29, 0.717) is 23.6 Å². The molecule has 1 heterocycles. The third kappa shape index (κ3) is 5.88. The van der Waals surface area contributed by atoms with E-state index >= 15 is 0 Å². The zero-order valence-corrected chi connectivity index (χ0v) is 20.0. The molecule has 1 aromatic heterocycles. The number of carbonyl (C=O) groups excluding carboxylic acids is 1. The molecule has 1 amide bonds. The molecule has 186 valence electrons. The summed E-state index contributed by atoms with van der Waals surface area (Å²) in [7, 11) is 0.816. The molecule has 0 bridgehead atoms. The maximum absolute atomic E-state index is 13.3. The molecule has 0 aliphatic heterocycles. The van der Waals surface area contributed by atoms with E-state index in [4.69, 9.17) is 11.6 Å². The van der Waals surface area contributed by atoms with Crippen LogP contribution in [0.25, 0.3) is 22.8 Å². The third-order valence-corrected chi connectivity index (χ3v) is 5.78. The van der Waals surface area contributed by atoms with Crippen molar-refractivity contribution in [3.63, 3.8) is 0 Å². The summed E-state index contributed by atoms with van der Waals surface area (Å²) in [6, 6.07) is 11.6. The Kier molecular flexibility index (Phi) is 7.97. The number of nitrogens with one attached hydrogen (secondary N) is 1. The van der Waals surface area contributed by atoms with Gasteiger partial charge in [0.15, 0.2) is 11.6 Å². The molecule has 3 rings (SSSR count). The fourth-order valence-electron chi connectivity index (χ4n) is 3.31. The van der Waals surface area contributed by atoms with Gasteiger partial charge in [-0.25, -0.2) is 4.98 Å². The van der Waals surface area contributed by atoms with Gasteiger partial charge in [-0.15, -0.1) is 0 Å². The highest BCUT2D eigenvalue weighted by atomic mass is 35.5. The van der Waals surface area contributed by atoms with Crippen LogP contribution in [-0.2, 0) is 22.5 Å². The highest BCUT2D eigenvalue weighted by molar-refractivity contribution is 6.33. The number of methoxy groups -OCH3 is 1. The summed E-state index contributed by atoms with van der Waals surface area (Å²) in [5, 5.41) is 12.6. The van der Waals surface area contributed by atoms with Gasteiger partial charge in [-0.2, -0.15) is 23.1 Å². The summed E-state index contributed by atoms with van der Waals surface area (Å²) in [4.78, 5) is 24.6. The van der Waals surface area contributed by atoms with Crippen LogP contribution in [0.4, 0.5) is 13.2 Å². The lowest BCUT2D eigenvalue weighted by molar-refractivity contribution is -0.253. The van der Waals surface area contributed by atoms with E-state index in [1.165, 1.54) is 12.1 Å². The Labute approximate surface area is 205 Å². The van der Waals surface area contributed by atoms with E-state index < -0.39 is 23.7 Å². The van der Waals surface area contributed by atoms with Gasteiger partial charge in [0, 0.05) is 24.8 Å². The lowest BCUT2D eigenvalue weighted by Gasteiger charge is -2.29. The van der Waals surface area contributed by atoms with Gasteiger partial charge < -0.3 is 15.2 Å². The summed E-state index contributed by atoms with van der Waals surface area (Å²) < 4.78 is 44.2. The molecule has 0 radical (unpaired) electrons. The number of hydrogen-bond acceptors (Lipinski definition) is 6. The number of amides is 1. The molecule has 3 aromatic rings. The van der Waals surface area contributed by atoms with E-state index in [-0.39, 0.29) is 23.2 Å². The largest absolute Gasteiger partial charge is 0.479 e. The van der Waals surface area contributed by atoms with E-state index in [9.17, 15) is 23.1 Å². The standard InChI is InChI=1S/C24H24ClF3N4O3/c1-4-6-14-7-5-8-16(11-14)19-30-20(32-22(34)31-19)17-12-15(9-10-18(17)25)13-29-21(33)23(2,35-3)24(26,27)28/h5,7-12H,4,6,13H2,1-3H3,(H,29,33)(H,30,31,32,34)/t23-/m1/s1. The molecule has 0 fully saturated rings. The Bertz CT molecular complexity index is 1220. The van der Waals surface area contributed by atoms with Crippen LogP contribution in [0, 0.1) is 0 Å². The van der Waals surface area contributed by atoms with Crippen molar-refractivity contribution in [2.24, 2.45) is 0 Å². The molecule has 2 aromatic carbocycles. The highest BCUT2D eigenvalue weighted by Crippen LogP contribution is 2.33. The Balaban J connectivity index is 1.90. The quantitative estimate of drug-likeness (QED) is 0.439. The smallest absolute Gasteiger partial charge is 0.426 e. The Morgan fingerprint density at radius 3 is 2.46 bits per heavy atom. The van der Waals surface area contributed by atoms with E-state index in [0.717, 1.165) is 25.5 Å². The second-order valence-corrected chi connectivity index (χ2v) is 8.37. The number of aromatic hydroxyl groups is 1. The van der Waals surface area contributed by atoms with Crippen molar-refractivity contribution in [1.29, 1.82) is 0 Å². The van der Waals surface area contributed by atoms with Gasteiger partial charge >= 0.3 is 12.2 Å². The molecule has 0 saturated heterocycles. The van der Waals surface area contributed by atoms with Crippen molar-refractivity contribution in [2.75, 3.05) is 7.11 Å². The van der Waals surface area contributed by atoms with Crippen LogP contribution in [0.15, 0.2) is 42.5 Å². The van der Waals surface area contributed by atoms with Crippen molar-refractivity contribution < 1.29 is 27.8 Å². The van der Waals surface area contributed by atoms with Crippen LogP contribution in [0.2, 0.25) is 5.02 Å². The molecular weight excluding hydrogens is 485 g/mol. The minimum atomic E-state index is -4.90. The highest BCUT2D eigenvalue weighted by Gasteiger charge is 2.57. The second kappa shape index (κ2) is 10.6. The number of halogens is 4. The first-order chi connectivity index (χ1) is 16.5. The van der Waals surface area contributed by atoms with Crippen LogP contribution in [-0.4, -0.2) is 44.9 Å². The molecule has 35 heavy (non-hydrogen) atoms. The third-order valence-electron chi connectivity index (χ3n) is 5.45. The fourth-order valence-corrected chi connectivity index (χ4v) is 3.51. The first-order valence-electron chi connectivity index (χ1n) is 10.7. The predicted molar refractivity (Wildman–Crippen MR) is 125 cm³/mol. The van der Waals surface area contributed by atoms with Crippen molar-refractivity contribution in [2.45, 2.75) is 45.0 Å². The van der Waals surface area contributed by atoms with Gasteiger partial charge in [0.25, 0.3) is 5.91 Å². The normalized spacial score (nSPS) is 13.3. The van der Waals surface area contributed by atoms with Crippen LogP contribution in [0.3, 0.4) is 0 Å². The number of ether oxygens (including phenoxy) is 1. The Hall–Kier alpha value is -3.24. The van der Waals surface area contributed by atoms with Gasteiger partial charge in [-0.05, 0) is 42.7 Å². The topological polar surface area (TPSA) is 97.2 Å². The molecular formula is C24H24ClF3N4O3. The fraction of sp³-hybridized carbons (Fsp3) is 0.333. The molecule has 0 spiro atoms. The van der Waals surface area contributed by atoms with E-state index in [2.05, 4.69) is 31.9 Å². The molecule has 2 N–H and O–H groups in total. The summed E-state index contributed by atoms with van der Waals surface area (Å²) in [6.45, 7) is 2.48. The zero-order valence-electron chi connectivity index (χ0n) is 19.3. The average molecular weight is 509 g/mol. The van der Waals surface area contributed by atoms with Crippen molar-refractivity contribution in [3.8, 4) is 28.8 Å². The van der Waals surface area contributed by atoms with Crippen molar-refractivity contribution in [1.82, 2.24) is 20.3 Å². The lowest BCUT2D eigenvalue weighted by Crippen LogP contribution is -2.55. The van der Waals surface area contributed by atoms with Gasteiger partial charge in [-0.3, -0.25) is 4.79 Å². The maximum atomic E-state index is 13.3. The van der Waals surface area contributed by atoms with Gasteiger partial charge in [-0.1, -0.05) is 49.2 Å². The number of carbonyl (C=O) groups is 1. The summed E-state index contributed by atoms with van der Waals surface area (Å²) in [5.41, 5.74) is -0.481. The van der Waals surface area contributed by atoms with Gasteiger partial charge in [0.05, 0.1) is 5.02 Å². The number of alkyl halides is 3. The zero-order chi connectivity index (χ0) is 25.8. The number of nitrogens with zero attached hydrogens (tertiary/aromatic N) is 3. The number of aromatic nitrogens is 3. The van der Waals surface area contributed by atoms with Crippen LogP contribution in [0.1, 0.15) is 31.4 Å². The monoisotopic (exact) mass is 508 g/mol. The first-order valence-corrected chi connectivity index (χ1v) is 11.1. The van der Waals surface area contributed by atoms with E-state index in [1.807, 2.05) is 18.2 Å². The van der Waals surface area contributed by atoms with Crippen molar-refractivity contribution in [3.05, 3.63) is 58.6 Å². The summed E-state index contributed by atoms with van der Waals surface area (Å²) in [6.07, 6.45) is -3.07. The lowest BCUT2D eigenvalue weighted by atomic mass is 10.0. The number of rotatable bonds is 8.